The summed E-state index contributed by atoms with van der Waals surface area (Å²) < 4.78 is 0. The minimum atomic E-state index is -0.0447. The molecule has 0 radical (unpaired) electrons. The van der Waals surface area contributed by atoms with Gasteiger partial charge in [-0.05, 0) is 31.5 Å². The van der Waals surface area contributed by atoms with E-state index in [2.05, 4.69) is 5.32 Å². The average Bonchev–Trinajstić information content (AvgIpc) is 2.67. The number of benzene rings is 1. The first kappa shape index (κ1) is 13.1. The molecule has 2 rings (SSSR count). The van der Waals surface area contributed by atoms with E-state index >= 15 is 0 Å². The van der Waals surface area contributed by atoms with E-state index in [-0.39, 0.29) is 5.91 Å². The van der Waals surface area contributed by atoms with Gasteiger partial charge in [0.05, 0.1) is 5.56 Å². The molecule has 0 atom stereocenters. The molecule has 1 amide bonds. The fourth-order valence-corrected chi connectivity index (χ4v) is 2.89. The molecule has 0 fully saturated rings. The third-order valence-corrected chi connectivity index (χ3v) is 4.02. The fourth-order valence-electron chi connectivity index (χ4n) is 1.77. The summed E-state index contributed by atoms with van der Waals surface area (Å²) in [5.74, 6) is -0.0447. The quantitative estimate of drug-likeness (QED) is 0.906. The van der Waals surface area contributed by atoms with Gasteiger partial charge >= 0.3 is 0 Å². The van der Waals surface area contributed by atoms with E-state index in [0.29, 0.717) is 11.6 Å². The molecule has 0 saturated carbocycles. The van der Waals surface area contributed by atoms with Gasteiger partial charge in [-0.15, -0.1) is 11.3 Å². The predicted octanol–water partition coefficient (Wildman–Crippen LogP) is 3.95. The first-order valence-electron chi connectivity index (χ1n) is 5.66. The molecule has 1 aromatic heterocycles. The van der Waals surface area contributed by atoms with E-state index in [4.69, 9.17) is 11.6 Å². The molecule has 94 valence electrons. The van der Waals surface area contributed by atoms with Crippen LogP contribution in [0.4, 0.5) is 0 Å². The van der Waals surface area contributed by atoms with Crippen LogP contribution in [0.3, 0.4) is 0 Å². The molecule has 0 aliphatic heterocycles. The van der Waals surface area contributed by atoms with Gasteiger partial charge in [0.25, 0.3) is 5.91 Å². The summed E-state index contributed by atoms with van der Waals surface area (Å²) in [4.78, 5) is 14.2. The number of hydrogen-bond donors (Lipinski definition) is 1. The van der Waals surface area contributed by atoms with Crippen LogP contribution in [0.25, 0.3) is 0 Å². The lowest BCUT2D eigenvalue weighted by atomic mass is 10.2. The largest absolute Gasteiger partial charge is 0.348 e. The zero-order valence-electron chi connectivity index (χ0n) is 10.3. The minimum Gasteiger partial charge on any atom is -0.348 e. The number of aryl methyl sites for hydroxylation is 2. The molecule has 2 aromatic rings. The Labute approximate surface area is 116 Å². The van der Waals surface area contributed by atoms with Crippen molar-refractivity contribution >= 4 is 28.8 Å². The number of halogens is 1. The SMILES string of the molecule is Cc1cc(C(=O)NCc2ccccc2Cl)c(C)s1. The lowest BCUT2D eigenvalue weighted by Gasteiger charge is -2.06. The Kier molecular flexibility index (Phi) is 4.04. The lowest BCUT2D eigenvalue weighted by Crippen LogP contribution is -2.23. The molecular formula is C14H14ClNOS. The van der Waals surface area contributed by atoms with E-state index in [0.717, 1.165) is 20.9 Å². The van der Waals surface area contributed by atoms with Gasteiger partial charge in [0.1, 0.15) is 0 Å². The van der Waals surface area contributed by atoms with E-state index in [1.807, 2.05) is 44.2 Å². The summed E-state index contributed by atoms with van der Waals surface area (Å²) in [6.07, 6.45) is 0. The molecule has 0 aliphatic carbocycles. The van der Waals surface area contributed by atoms with Gasteiger partial charge in [-0.3, -0.25) is 4.79 Å². The summed E-state index contributed by atoms with van der Waals surface area (Å²) in [7, 11) is 0. The Morgan fingerprint density at radius 1 is 1.33 bits per heavy atom. The van der Waals surface area contributed by atoms with Crippen LogP contribution in [0.1, 0.15) is 25.7 Å². The van der Waals surface area contributed by atoms with Crippen LogP contribution in [0.15, 0.2) is 30.3 Å². The third-order valence-electron chi connectivity index (χ3n) is 2.68. The van der Waals surface area contributed by atoms with E-state index in [9.17, 15) is 4.79 Å². The maximum atomic E-state index is 12.0. The normalized spacial score (nSPS) is 10.4. The maximum absolute atomic E-state index is 12.0. The molecular weight excluding hydrogens is 266 g/mol. The maximum Gasteiger partial charge on any atom is 0.252 e. The second-order valence-electron chi connectivity index (χ2n) is 4.10. The highest BCUT2D eigenvalue weighted by atomic mass is 35.5. The number of carbonyl (C=O) groups is 1. The van der Waals surface area contributed by atoms with Gasteiger partial charge in [-0.2, -0.15) is 0 Å². The average molecular weight is 280 g/mol. The first-order valence-corrected chi connectivity index (χ1v) is 6.86. The number of nitrogens with one attached hydrogen (secondary N) is 1. The van der Waals surface area contributed by atoms with Crippen molar-refractivity contribution in [1.29, 1.82) is 0 Å². The van der Waals surface area contributed by atoms with E-state index < -0.39 is 0 Å². The van der Waals surface area contributed by atoms with Gasteiger partial charge in [0, 0.05) is 21.3 Å². The standard InChI is InChI=1S/C14H14ClNOS/c1-9-7-12(10(2)18-9)14(17)16-8-11-5-3-4-6-13(11)15/h3-7H,8H2,1-2H3,(H,16,17). The zero-order chi connectivity index (χ0) is 13.1. The molecule has 0 bridgehead atoms. The summed E-state index contributed by atoms with van der Waals surface area (Å²) in [5.41, 5.74) is 1.68. The number of amides is 1. The first-order chi connectivity index (χ1) is 8.58. The summed E-state index contributed by atoms with van der Waals surface area (Å²) in [6.45, 7) is 4.41. The van der Waals surface area contributed by atoms with Gasteiger partial charge in [-0.25, -0.2) is 0 Å². The van der Waals surface area contributed by atoms with Gasteiger partial charge in [0.15, 0.2) is 0 Å². The zero-order valence-corrected chi connectivity index (χ0v) is 11.9. The summed E-state index contributed by atoms with van der Waals surface area (Å²) in [5, 5.41) is 3.57. The monoisotopic (exact) mass is 279 g/mol. The van der Waals surface area contributed by atoms with Crippen molar-refractivity contribution in [3.8, 4) is 0 Å². The predicted molar refractivity (Wildman–Crippen MR) is 76.4 cm³/mol. The topological polar surface area (TPSA) is 29.1 Å². The Morgan fingerprint density at radius 3 is 2.67 bits per heavy atom. The Balaban J connectivity index is 2.05. The molecule has 1 aromatic carbocycles. The second-order valence-corrected chi connectivity index (χ2v) is 5.97. The number of hydrogen-bond acceptors (Lipinski definition) is 2. The smallest absolute Gasteiger partial charge is 0.252 e. The van der Waals surface area contributed by atoms with Crippen molar-refractivity contribution in [2.75, 3.05) is 0 Å². The van der Waals surface area contributed by atoms with Crippen LogP contribution in [-0.4, -0.2) is 5.91 Å². The molecule has 0 spiro atoms. The Morgan fingerprint density at radius 2 is 2.06 bits per heavy atom. The van der Waals surface area contributed by atoms with Crippen LogP contribution >= 0.6 is 22.9 Å². The second kappa shape index (κ2) is 5.55. The fraction of sp³-hybridized carbons (Fsp3) is 0.214. The van der Waals surface area contributed by atoms with Gasteiger partial charge in [-0.1, -0.05) is 29.8 Å². The summed E-state index contributed by atoms with van der Waals surface area (Å²) >= 11 is 7.68. The summed E-state index contributed by atoms with van der Waals surface area (Å²) in [6, 6.07) is 9.44. The van der Waals surface area contributed by atoms with Crippen molar-refractivity contribution in [2.45, 2.75) is 20.4 Å². The van der Waals surface area contributed by atoms with E-state index in [1.54, 1.807) is 11.3 Å². The molecule has 0 saturated heterocycles. The molecule has 1 N–H and O–H groups in total. The molecule has 1 heterocycles. The molecule has 0 aliphatic rings. The van der Waals surface area contributed by atoms with Crippen LogP contribution in [-0.2, 0) is 6.54 Å². The molecule has 18 heavy (non-hydrogen) atoms. The van der Waals surface area contributed by atoms with Crippen LogP contribution in [0, 0.1) is 13.8 Å². The van der Waals surface area contributed by atoms with Crippen molar-refractivity contribution in [2.24, 2.45) is 0 Å². The highest BCUT2D eigenvalue weighted by Gasteiger charge is 2.11. The third kappa shape index (κ3) is 2.92. The van der Waals surface area contributed by atoms with Gasteiger partial charge < -0.3 is 5.32 Å². The van der Waals surface area contributed by atoms with Crippen LogP contribution in [0.5, 0.6) is 0 Å². The van der Waals surface area contributed by atoms with Crippen molar-refractivity contribution in [3.63, 3.8) is 0 Å². The molecule has 4 heteroatoms. The molecule has 2 nitrogen and oxygen atoms in total. The number of carbonyl (C=O) groups excluding carboxylic acids is 1. The van der Waals surface area contributed by atoms with E-state index in [1.165, 1.54) is 0 Å². The number of rotatable bonds is 3. The van der Waals surface area contributed by atoms with Crippen molar-refractivity contribution < 1.29 is 4.79 Å². The minimum absolute atomic E-state index is 0.0447. The van der Waals surface area contributed by atoms with Crippen LogP contribution in [0.2, 0.25) is 5.02 Å². The molecule has 0 unspecified atom stereocenters. The van der Waals surface area contributed by atoms with Crippen molar-refractivity contribution in [1.82, 2.24) is 5.32 Å². The Bertz CT molecular complexity index is 577. The van der Waals surface area contributed by atoms with Crippen LogP contribution < -0.4 is 5.32 Å². The highest BCUT2D eigenvalue weighted by Crippen LogP contribution is 2.21. The highest BCUT2D eigenvalue weighted by molar-refractivity contribution is 7.12. The van der Waals surface area contributed by atoms with Gasteiger partial charge in [0.2, 0.25) is 0 Å². The number of thiophene rings is 1. The van der Waals surface area contributed by atoms with Crippen molar-refractivity contribution in [3.05, 3.63) is 56.2 Å². The lowest BCUT2D eigenvalue weighted by molar-refractivity contribution is 0.0951. The Hall–Kier alpha value is -1.32.